The van der Waals surface area contributed by atoms with E-state index >= 15 is 0 Å². The Hall–Kier alpha value is -1.67. The maximum Gasteiger partial charge on any atom is 0.123 e. The summed E-state index contributed by atoms with van der Waals surface area (Å²) in [5, 5.41) is 3.51. The fraction of sp³-hybridized carbons (Fsp3) is 0.250. The van der Waals surface area contributed by atoms with Gasteiger partial charge in [0.15, 0.2) is 0 Å². The minimum atomic E-state index is -0.137. The fourth-order valence-electron chi connectivity index (χ4n) is 2.62. The number of benzene rings is 2. The van der Waals surface area contributed by atoms with Gasteiger partial charge in [-0.3, -0.25) is 0 Å². The Kier molecular flexibility index (Phi) is 3.11. The van der Waals surface area contributed by atoms with Gasteiger partial charge in [-0.15, -0.1) is 0 Å². The molecule has 2 aromatic carbocycles. The van der Waals surface area contributed by atoms with Gasteiger partial charge in [-0.25, -0.2) is 4.39 Å². The van der Waals surface area contributed by atoms with Gasteiger partial charge in [0.2, 0.25) is 0 Å². The number of aryl methyl sites for hydroxylation is 1. The highest BCUT2D eigenvalue weighted by atomic mass is 19.1. The van der Waals surface area contributed by atoms with E-state index in [0.29, 0.717) is 0 Å². The summed E-state index contributed by atoms with van der Waals surface area (Å²) in [6.45, 7) is 0.835. The molecule has 0 unspecified atom stereocenters. The topological polar surface area (TPSA) is 12.0 Å². The highest BCUT2D eigenvalue weighted by Crippen LogP contribution is 2.31. The van der Waals surface area contributed by atoms with Crippen molar-refractivity contribution in [1.82, 2.24) is 5.32 Å². The molecular weight excluding hydrogens is 225 g/mol. The van der Waals surface area contributed by atoms with Crippen molar-refractivity contribution in [3.63, 3.8) is 0 Å². The van der Waals surface area contributed by atoms with Crippen molar-refractivity contribution in [2.24, 2.45) is 0 Å². The zero-order chi connectivity index (χ0) is 12.4. The number of nitrogens with one attached hydrogen (secondary N) is 1. The maximum atomic E-state index is 13.3. The minimum Gasteiger partial charge on any atom is -0.306 e. The summed E-state index contributed by atoms with van der Waals surface area (Å²) in [6, 6.07) is 15.7. The van der Waals surface area contributed by atoms with Crippen molar-refractivity contribution in [3.05, 3.63) is 71.0 Å². The molecule has 1 N–H and O–H groups in total. The Balaban J connectivity index is 1.71. The van der Waals surface area contributed by atoms with Crippen LogP contribution in [0.15, 0.2) is 48.5 Å². The standard InChI is InChI=1S/C16H16FN/c17-14-8-6-13-7-9-16(15(13)10-14)18-11-12-4-2-1-3-5-12/h1-6,8,10,16,18H,7,9,11H2/t16-/m1/s1. The van der Waals surface area contributed by atoms with Crippen molar-refractivity contribution in [2.45, 2.75) is 25.4 Å². The molecule has 0 radical (unpaired) electrons. The third-order valence-electron chi connectivity index (χ3n) is 3.58. The molecule has 1 aliphatic rings. The fourth-order valence-corrected chi connectivity index (χ4v) is 2.62. The second kappa shape index (κ2) is 4.91. The van der Waals surface area contributed by atoms with Gasteiger partial charge in [0.05, 0.1) is 0 Å². The van der Waals surface area contributed by atoms with Gasteiger partial charge < -0.3 is 5.32 Å². The normalized spacial score (nSPS) is 17.7. The van der Waals surface area contributed by atoms with E-state index in [4.69, 9.17) is 0 Å². The molecule has 0 saturated carbocycles. The van der Waals surface area contributed by atoms with Crippen molar-refractivity contribution < 1.29 is 4.39 Å². The zero-order valence-electron chi connectivity index (χ0n) is 10.2. The quantitative estimate of drug-likeness (QED) is 0.865. The van der Waals surface area contributed by atoms with Crippen LogP contribution in [-0.2, 0) is 13.0 Å². The summed E-state index contributed by atoms with van der Waals surface area (Å²) in [4.78, 5) is 0. The van der Waals surface area contributed by atoms with E-state index < -0.39 is 0 Å². The van der Waals surface area contributed by atoms with Gasteiger partial charge in [-0.1, -0.05) is 36.4 Å². The van der Waals surface area contributed by atoms with Crippen LogP contribution in [-0.4, -0.2) is 0 Å². The number of hydrogen-bond donors (Lipinski definition) is 1. The molecule has 0 spiro atoms. The van der Waals surface area contributed by atoms with Gasteiger partial charge in [0.25, 0.3) is 0 Å². The molecule has 0 saturated heterocycles. The van der Waals surface area contributed by atoms with Gasteiger partial charge in [0.1, 0.15) is 5.82 Å². The molecular formula is C16H16FN. The van der Waals surface area contributed by atoms with Crippen molar-refractivity contribution in [2.75, 3.05) is 0 Å². The molecule has 2 aromatic rings. The predicted octanol–water partition coefficient (Wildman–Crippen LogP) is 3.60. The number of halogens is 1. The van der Waals surface area contributed by atoms with E-state index in [1.807, 2.05) is 24.3 Å². The van der Waals surface area contributed by atoms with E-state index in [0.717, 1.165) is 24.9 Å². The van der Waals surface area contributed by atoms with Crippen molar-refractivity contribution >= 4 is 0 Å². The summed E-state index contributed by atoms with van der Waals surface area (Å²) in [5.41, 5.74) is 3.68. The Morgan fingerprint density at radius 2 is 1.94 bits per heavy atom. The lowest BCUT2D eigenvalue weighted by atomic mass is 10.1. The number of rotatable bonds is 3. The largest absolute Gasteiger partial charge is 0.306 e. The summed E-state index contributed by atoms with van der Waals surface area (Å²) in [7, 11) is 0. The molecule has 92 valence electrons. The van der Waals surface area contributed by atoms with Crippen LogP contribution in [0.2, 0.25) is 0 Å². The summed E-state index contributed by atoms with van der Waals surface area (Å²) < 4.78 is 13.3. The lowest BCUT2D eigenvalue weighted by Gasteiger charge is -2.14. The van der Waals surface area contributed by atoms with Gasteiger partial charge in [0, 0.05) is 12.6 Å². The third kappa shape index (κ3) is 2.29. The van der Waals surface area contributed by atoms with Crippen LogP contribution in [0.1, 0.15) is 29.2 Å². The average molecular weight is 241 g/mol. The van der Waals surface area contributed by atoms with Crippen LogP contribution in [0.5, 0.6) is 0 Å². The first-order chi connectivity index (χ1) is 8.83. The molecule has 0 fully saturated rings. The highest BCUT2D eigenvalue weighted by Gasteiger charge is 2.22. The molecule has 0 heterocycles. The van der Waals surface area contributed by atoms with Crippen LogP contribution in [0.4, 0.5) is 4.39 Å². The maximum absolute atomic E-state index is 13.3. The van der Waals surface area contributed by atoms with E-state index in [1.165, 1.54) is 11.1 Å². The number of fused-ring (bicyclic) bond motifs is 1. The zero-order valence-corrected chi connectivity index (χ0v) is 10.2. The third-order valence-corrected chi connectivity index (χ3v) is 3.58. The Morgan fingerprint density at radius 3 is 2.78 bits per heavy atom. The second-order valence-electron chi connectivity index (χ2n) is 4.80. The molecule has 0 aliphatic heterocycles. The first kappa shape index (κ1) is 11.4. The lowest BCUT2D eigenvalue weighted by Crippen LogP contribution is -2.18. The van der Waals surface area contributed by atoms with E-state index in [1.54, 1.807) is 12.1 Å². The molecule has 1 nitrogen and oxygen atoms in total. The summed E-state index contributed by atoms with van der Waals surface area (Å²) in [6.07, 6.45) is 2.10. The van der Waals surface area contributed by atoms with Crippen LogP contribution < -0.4 is 5.32 Å². The molecule has 3 rings (SSSR count). The summed E-state index contributed by atoms with van der Waals surface area (Å²) >= 11 is 0. The monoisotopic (exact) mass is 241 g/mol. The second-order valence-corrected chi connectivity index (χ2v) is 4.80. The number of hydrogen-bond acceptors (Lipinski definition) is 1. The van der Waals surface area contributed by atoms with Crippen LogP contribution in [0.3, 0.4) is 0 Å². The molecule has 2 heteroatoms. The average Bonchev–Trinajstić information content (AvgIpc) is 2.80. The predicted molar refractivity (Wildman–Crippen MR) is 70.7 cm³/mol. The van der Waals surface area contributed by atoms with Crippen molar-refractivity contribution in [1.29, 1.82) is 0 Å². The van der Waals surface area contributed by atoms with Crippen molar-refractivity contribution in [3.8, 4) is 0 Å². The van der Waals surface area contributed by atoms with Gasteiger partial charge in [-0.05, 0) is 41.7 Å². The first-order valence-electron chi connectivity index (χ1n) is 6.38. The molecule has 1 atom stereocenters. The lowest BCUT2D eigenvalue weighted by molar-refractivity contribution is 0.527. The van der Waals surface area contributed by atoms with E-state index in [-0.39, 0.29) is 11.9 Å². The van der Waals surface area contributed by atoms with E-state index in [9.17, 15) is 4.39 Å². The van der Waals surface area contributed by atoms with E-state index in [2.05, 4.69) is 17.4 Å². The van der Waals surface area contributed by atoms with Gasteiger partial charge >= 0.3 is 0 Å². The molecule has 0 amide bonds. The molecule has 0 bridgehead atoms. The molecule has 0 aromatic heterocycles. The molecule has 18 heavy (non-hydrogen) atoms. The smallest absolute Gasteiger partial charge is 0.123 e. The van der Waals surface area contributed by atoms with Crippen LogP contribution in [0.25, 0.3) is 0 Å². The Morgan fingerprint density at radius 1 is 1.11 bits per heavy atom. The molecule has 1 aliphatic carbocycles. The minimum absolute atomic E-state index is 0.137. The SMILES string of the molecule is Fc1ccc2c(c1)[C@H](NCc1ccccc1)CC2. The highest BCUT2D eigenvalue weighted by molar-refractivity contribution is 5.35. The van der Waals surface area contributed by atoms with Crippen LogP contribution >= 0.6 is 0 Å². The van der Waals surface area contributed by atoms with Crippen LogP contribution in [0, 0.1) is 5.82 Å². The summed E-state index contributed by atoms with van der Waals surface area (Å²) in [5.74, 6) is -0.137. The Labute approximate surface area is 107 Å². The first-order valence-corrected chi connectivity index (χ1v) is 6.38. The van der Waals surface area contributed by atoms with Gasteiger partial charge in [-0.2, -0.15) is 0 Å². The Bertz CT molecular complexity index is 536.